The van der Waals surface area contributed by atoms with Gasteiger partial charge in [-0.25, -0.2) is 14.6 Å². The Balaban J connectivity index is 1.45. The normalized spacial score (nSPS) is 14.4. The Bertz CT molecular complexity index is 1010. The molecular formula is C21H25N7O. The molecule has 0 radical (unpaired) electrons. The minimum absolute atomic E-state index is 0.125. The quantitative estimate of drug-likeness (QED) is 0.657. The molecule has 29 heavy (non-hydrogen) atoms. The van der Waals surface area contributed by atoms with E-state index in [1.165, 1.54) is 4.68 Å². The first kappa shape index (κ1) is 19.0. The smallest absolute Gasteiger partial charge is 0.267 e. The van der Waals surface area contributed by atoms with Crippen molar-refractivity contribution >= 4 is 11.6 Å². The summed E-state index contributed by atoms with van der Waals surface area (Å²) >= 11 is 0. The second-order valence-corrected chi connectivity index (χ2v) is 7.41. The Labute approximate surface area is 169 Å². The summed E-state index contributed by atoms with van der Waals surface area (Å²) < 4.78 is 1.48. The molecule has 4 rings (SSSR count). The molecule has 1 saturated heterocycles. The van der Waals surface area contributed by atoms with Crippen LogP contribution >= 0.6 is 0 Å². The largest absolute Gasteiger partial charge is 0.353 e. The van der Waals surface area contributed by atoms with Crippen molar-refractivity contribution in [3.05, 3.63) is 70.7 Å². The first-order chi connectivity index (χ1) is 14.1. The van der Waals surface area contributed by atoms with Crippen LogP contribution in [0, 0.1) is 0 Å². The third-order valence-corrected chi connectivity index (χ3v) is 4.99. The van der Waals surface area contributed by atoms with Crippen molar-refractivity contribution in [3.8, 4) is 0 Å². The van der Waals surface area contributed by atoms with Gasteiger partial charge in [0.1, 0.15) is 17.5 Å². The fraction of sp³-hybridized carbons (Fsp3) is 0.381. The van der Waals surface area contributed by atoms with Crippen LogP contribution in [0.4, 0.5) is 11.6 Å². The monoisotopic (exact) mass is 391 g/mol. The molecule has 150 valence electrons. The van der Waals surface area contributed by atoms with Gasteiger partial charge in [-0.3, -0.25) is 9.78 Å². The van der Waals surface area contributed by atoms with E-state index in [-0.39, 0.29) is 5.56 Å². The van der Waals surface area contributed by atoms with Crippen LogP contribution in [-0.4, -0.2) is 50.9 Å². The van der Waals surface area contributed by atoms with Crippen LogP contribution in [0.1, 0.15) is 31.3 Å². The number of aromatic nitrogens is 5. The number of hydrogen-bond donors (Lipinski definition) is 0. The van der Waals surface area contributed by atoms with E-state index >= 15 is 0 Å². The first-order valence-electron chi connectivity index (χ1n) is 9.91. The van der Waals surface area contributed by atoms with Gasteiger partial charge in [0.05, 0.1) is 12.2 Å². The van der Waals surface area contributed by atoms with Crippen molar-refractivity contribution in [2.24, 2.45) is 0 Å². The van der Waals surface area contributed by atoms with Crippen LogP contribution in [0.25, 0.3) is 0 Å². The van der Waals surface area contributed by atoms with Crippen molar-refractivity contribution in [2.45, 2.75) is 26.3 Å². The second kappa shape index (κ2) is 8.38. The van der Waals surface area contributed by atoms with Crippen LogP contribution in [0.5, 0.6) is 0 Å². The highest BCUT2D eigenvalue weighted by atomic mass is 16.1. The van der Waals surface area contributed by atoms with Crippen LogP contribution < -0.4 is 15.4 Å². The second-order valence-electron chi connectivity index (χ2n) is 7.41. The average molecular weight is 391 g/mol. The van der Waals surface area contributed by atoms with Gasteiger partial charge in [-0.1, -0.05) is 19.9 Å². The molecule has 0 aliphatic carbocycles. The van der Waals surface area contributed by atoms with E-state index in [1.54, 1.807) is 18.3 Å². The van der Waals surface area contributed by atoms with E-state index in [1.807, 2.05) is 30.5 Å². The summed E-state index contributed by atoms with van der Waals surface area (Å²) in [6.45, 7) is 7.88. The molecule has 0 amide bonds. The lowest BCUT2D eigenvalue weighted by Gasteiger charge is -2.36. The number of hydrogen-bond acceptors (Lipinski definition) is 7. The van der Waals surface area contributed by atoms with Crippen molar-refractivity contribution in [3.63, 3.8) is 0 Å². The predicted molar refractivity (Wildman–Crippen MR) is 112 cm³/mol. The molecule has 0 aromatic carbocycles. The third-order valence-electron chi connectivity index (χ3n) is 4.99. The summed E-state index contributed by atoms with van der Waals surface area (Å²) in [5, 5.41) is 4.57. The highest BCUT2D eigenvalue weighted by molar-refractivity contribution is 5.44. The summed E-state index contributed by atoms with van der Waals surface area (Å²) in [7, 11) is 0. The Hall–Kier alpha value is -3.29. The van der Waals surface area contributed by atoms with E-state index in [0.29, 0.717) is 12.5 Å². The Kier molecular flexibility index (Phi) is 5.50. The standard InChI is InChI=1S/C21H25N7O/c1-16(2)21-23-10-8-18(24-21)26-11-13-27(14-12-26)19-6-7-20(29)28(25-19)15-17-5-3-4-9-22-17/h3-10,16H,11-15H2,1-2H3. The van der Waals surface area contributed by atoms with Crippen molar-refractivity contribution in [1.29, 1.82) is 0 Å². The Morgan fingerprint density at radius 3 is 2.34 bits per heavy atom. The van der Waals surface area contributed by atoms with Gasteiger partial charge in [0.25, 0.3) is 5.56 Å². The minimum Gasteiger partial charge on any atom is -0.353 e. The molecule has 0 saturated carbocycles. The van der Waals surface area contributed by atoms with Gasteiger partial charge < -0.3 is 9.80 Å². The van der Waals surface area contributed by atoms with Crippen LogP contribution in [0.15, 0.2) is 53.6 Å². The maximum Gasteiger partial charge on any atom is 0.267 e. The number of anilines is 2. The minimum atomic E-state index is -0.125. The molecule has 1 aliphatic heterocycles. The van der Waals surface area contributed by atoms with E-state index in [4.69, 9.17) is 4.98 Å². The van der Waals surface area contributed by atoms with Crippen molar-refractivity contribution in [1.82, 2.24) is 24.7 Å². The van der Waals surface area contributed by atoms with Crippen LogP contribution in [0.3, 0.4) is 0 Å². The molecule has 4 heterocycles. The molecule has 0 bridgehead atoms. The highest BCUT2D eigenvalue weighted by Crippen LogP contribution is 2.18. The predicted octanol–water partition coefficient (Wildman–Crippen LogP) is 1.93. The van der Waals surface area contributed by atoms with E-state index in [2.05, 4.69) is 38.7 Å². The number of nitrogens with zero attached hydrogens (tertiary/aromatic N) is 7. The fourth-order valence-corrected chi connectivity index (χ4v) is 3.35. The average Bonchev–Trinajstić information content (AvgIpc) is 2.76. The zero-order valence-electron chi connectivity index (χ0n) is 16.8. The maximum absolute atomic E-state index is 12.2. The van der Waals surface area contributed by atoms with Gasteiger partial charge in [0, 0.05) is 50.6 Å². The highest BCUT2D eigenvalue weighted by Gasteiger charge is 2.20. The maximum atomic E-state index is 12.2. The van der Waals surface area contributed by atoms with Crippen LogP contribution in [0.2, 0.25) is 0 Å². The summed E-state index contributed by atoms with van der Waals surface area (Å²) in [5.41, 5.74) is 0.689. The molecule has 3 aromatic rings. The molecular weight excluding hydrogens is 366 g/mol. The van der Waals surface area contributed by atoms with E-state index in [9.17, 15) is 4.79 Å². The van der Waals surface area contributed by atoms with E-state index in [0.717, 1.165) is 49.3 Å². The zero-order valence-corrected chi connectivity index (χ0v) is 16.8. The molecule has 1 fully saturated rings. The lowest BCUT2D eigenvalue weighted by atomic mass is 10.2. The Morgan fingerprint density at radius 1 is 0.897 bits per heavy atom. The van der Waals surface area contributed by atoms with Gasteiger partial charge in [-0.15, -0.1) is 0 Å². The van der Waals surface area contributed by atoms with Crippen molar-refractivity contribution in [2.75, 3.05) is 36.0 Å². The zero-order chi connectivity index (χ0) is 20.2. The third kappa shape index (κ3) is 4.42. The van der Waals surface area contributed by atoms with E-state index < -0.39 is 0 Å². The van der Waals surface area contributed by atoms with Gasteiger partial charge in [-0.05, 0) is 24.3 Å². The summed E-state index contributed by atoms with van der Waals surface area (Å²) in [5.74, 6) is 2.95. The van der Waals surface area contributed by atoms with Gasteiger partial charge in [-0.2, -0.15) is 5.10 Å². The number of pyridine rings is 1. The molecule has 8 nitrogen and oxygen atoms in total. The van der Waals surface area contributed by atoms with Crippen molar-refractivity contribution < 1.29 is 0 Å². The lowest BCUT2D eigenvalue weighted by molar-refractivity contribution is 0.593. The summed E-state index contributed by atoms with van der Waals surface area (Å²) in [6, 6.07) is 11.0. The van der Waals surface area contributed by atoms with Gasteiger partial charge in [0.2, 0.25) is 0 Å². The summed E-state index contributed by atoms with van der Waals surface area (Å²) in [4.78, 5) is 30.0. The van der Waals surface area contributed by atoms with Gasteiger partial charge >= 0.3 is 0 Å². The summed E-state index contributed by atoms with van der Waals surface area (Å²) in [6.07, 6.45) is 3.56. The molecule has 0 spiro atoms. The lowest BCUT2D eigenvalue weighted by Crippen LogP contribution is -2.47. The molecule has 0 N–H and O–H groups in total. The SMILES string of the molecule is CC(C)c1nccc(N2CCN(c3ccc(=O)n(Cc4ccccn4)n3)CC2)n1. The molecule has 8 heteroatoms. The topological polar surface area (TPSA) is 80.0 Å². The van der Waals surface area contributed by atoms with Crippen LogP contribution in [-0.2, 0) is 6.54 Å². The molecule has 0 atom stereocenters. The molecule has 0 unspecified atom stereocenters. The number of rotatable bonds is 5. The Morgan fingerprint density at radius 2 is 1.66 bits per heavy atom. The molecule has 3 aromatic heterocycles. The molecule has 1 aliphatic rings. The number of piperazine rings is 1. The first-order valence-corrected chi connectivity index (χ1v) is 9.91. The van der Waals surface area contributed by atoms with Gasteiger partial charge in [0.15, 0.2) is 0 Å². The fourth-order valence-electron chi connectivity index (χ4n) is 3.35.